The average molecular weight is 388 g/mol. The van der Waals surface area contributed by atoms with Gasteiger partial charge < -0.3 is 15.1 Å². The summed E-state index contributed by atoms with van der Waals surface area (Å²) in [6, 6.07) is 14.8. The van der Waals surface area contributed by atoms with Crippen LogP contribution in [0.3, 0.4) is 0 Å². The average Bonchev–Trinajstić information content (AvgIpc) is 2.72. The highest BCUT2D eigenvalue weighted by atomic mass is 19.4. The zero-order valence-electron chi connectivity index (χ0n) is 15.0. The maximum Gasteiger partial charge on any atom is 0.417 e. The number of hydrogen-bond donors (Lipinski definition) is 1. The minimum Gasteiger partial charge on any atom is -0.376 e. The highest BCUT2D eigenvalue weighted by Crippen LogP contribution is 2.33. The lowest BCUT2D eigenvalue weighted by Crippen LogP contribution is -2.50. The van der Waals surface area contributed by atoms with Gasteiger partial charge in [0.15, 0.2) is 0 Å². The van der Waals surface area contributed by atoms with E-state index in [1.165, 1.54) is 12.1 Å². The highest BCUT2D eigenvalue weighted by molar-refractivity contribution is 5.81. The van der Waals surface area contributed by atoms with Gasteiger partial charge in [0.05, 0.1) is 23.7 Å². The Kier molecular flexibility index (Phi) is 5.73. The maximum atomic E-state index is 13.0. The number of amides is 1. The Morgan fingerprint density at radius 1 is 1.07 bits per heavy atom. The van der Waals surface area contributed by atoms with E-state index in [-0.39, 0.29) is 18.1 Å². The van der Waals surface area contributed by atoms with Gasteiger partial charge in [-0.2, -0.15) is 18.4 Å². The molecule has 2 aromatic rings. The van der Waals surface area contributed by atoms with Crippen LogP contribution in [-0.4, -0.2) is 43.5 Å². The molecule has 1 saturated heterocycles. The van der Waals surface area contributed by atoms with Gasteiger partial charge in [-0.25, -0.2) is 0 Å². The number of anilines is 2. The van der Waals surface area contributed by atoms with Gasteiger partial charge in [0.25, 0.3) is 0 Å². The van der Waals surface area contributed by atoms with Crippen LogP contribution in [0.5, 0.6) is 0 Å². The Hall–Kier alpha value is -3.21. The fourth-order valence-corrected chi connectivity index (χ4v) is 3.13. The normalized spacial score (nSPS) is 14.5. The van der Waals surface area contributed by atoms with Crippen molar-refractivity contribution in [3.8, 4) is 6.07 Å². The third-order valence-corrected chi connectivity index (χ3v) is 4.64. The second-order valence-electron chi connectivity index (χ2n) is 6.43. The van der Waals surface area contributed by atoms with E-state index in [2.05, 4.69) is 10.2 Å². The van der Waals surface area contributed by atoms with Crippen LogP contribution in [0.15, 0.2) is 48.5 Å². The molecule has 0 unspecified atom stereocenters. The van der Waals surface area contributed by atoms with Crippen LogP contribution in [0.1, 0.15) is 11.1 Å². The van der Waals surface area contributed by atoms with E-state index >= 15 is 0 Å². The Morgan fingerprint density at radius 3 is 2.36 bits per heavy atom. The van der Waals surface area contributed by atoms with Gasteiger partial charge in [-0.05, 0) is 30.3 Å². The number of carbonyl (C=O) groups is 1. The molecule has 1 aliphatic heterocycles. The molecule has 1 amide bonds. The number of nitriles is 1. The van der Waals surface area contributed by atoms with E-state index < -0.39 is 17.3 Å². The fraction of sp³-hybridized carbons (Fsp3) is 0.300. The molecule has 1 fully saturated rings. The molecule has 0 saturated carbocycles. The first-order valence-corrected chi connectivity index (χ1v) is 8.81. The summed E-state index contributed by atoms with van der Waals surface area (Å²) in [5.41, 5.74) is -0.196. The summed E-state index contributed by atoms with van der Waals surface area (Å²) < 4.78 is 39.1. The second kappa shape index (κ2) is 8.21. The summed E-state index contributed by atoms with van der Waals surface area (Å²) in [6.45, 7) is 2.40. The van der Waals surface area contributed by atoms with Crippen LogP contribution in [0.2, 0.25) is 0 Å². The molecule has 1 N–H and O–H groups in total. The first-order chi connectivity index (χ1) is 13.4. The van der Waals surface area contributed by atoms with Crippen LogP contribution in [-0.2, 0) is 11.0 Å². The fourth-order valence-electron chi connectivity index (χ4n) is 3.13. The number of nitrogens with zero attached hydrogens (tertiary/aromatic N) is 3. The van der Waals surface area contributed by atoms with Crippen molar-refractivity contribution in [2.45, 2.75) is 6.18 Å². The summed E-state index contributed by atoms with van der Waals surface area (Å²) in [4.78, 5) is 16.3. The van der Waals surface area contributed by atoms with E-state index in [1.54, 1.807) is 4.90 Å². The van der Waals surface area contributed by atoms with Crippen LogP contribution in [0, 0.1) is 11.3 Å². The molecular formula is C20H19F3N4O. The smallest absolute Gasteiger partial charge is 0.376 e. The van der Waals surface area contributed by atoms with Crippen molar-refractivity contribution in [3.05, 3.63) is 59.7 Å². The number of carbonyl (C=O) groups excluding carboxylic acids is 1. The SMILES string of the molecule is N#Cc1ccc(NCC(=O)N2CCN(c3ccccc3)CC2)cc1C(F)(F)F. The molecule has 8 heteroatoms. The van der Waals surface area contributed by atoms with Crippen molar-refractivity contribution in [3.63, 3.8) is 0 Å². The summed E-state index contributed by atoms with van der Waals surface area (Å²) in [6.07, 6.45) is -4.62. The summed E-state index contributed by atoms with van der Waals surface area (Å²) >= 11 is 0. The molecule has 1 aliphatic rings. The molecule has 0 aliphatic carbocycles. The first kappa shape index (κ1) is 19.5. The molecule has 0 radical (unpaired) electrons. The lowest BCUT2D eigenvalue weighted by atomic mass is 10.1. The van der Waals surface area contributed by atoms with Crippen LogP contribution >= 0.6 is 0 Å². The zero-order chi connectivity index (χ0) is 20.1. The second-order valence-corrected chi connectivity index (χ2v) is 6.43. The van der Waals surface area contributed by atoms with Gasteiger partial charge in [-0.1, -0.05) is 18.2 Å². The quantitative estimate of drug-likeness (QED) is 0.873. The van der Waals surface area contributed by atoms with Crippen LogP contribution in [0.25, 0.3) is 0 Å². The van der Waals surface area contributed by atoms with Gasteiger partial charge in [-0.15, -0.1) is 0 Å². The number of piperazine rings is 1. The van der Waals surface area contributed by atoms with E-state index in [1.807, 2.05) is 30.3 Å². The largest absolute Gasteiger partial charge is 0.417 e. The van der Waals surface area contributed by atoms with Crippen molar-refractivity contribution in [1.29, 1.82) is 5.26 Å². The van der Waals surface area contributed by atoms with Gasteiger partial charge in [0.1, 0.15) is 0 Å². The third kappa shape index (κ3) is 4.55. The predicted molar refractivity (Wildman–Crippen MR) is 99.9 cm³/mol. The molecule has 2 aromatic carbocycles. The molecule has 0 bridgehead atoms. The van der Waals surface area contributed by atoms with Crippen LogP contribution < -0.4 is 10.2 Å². The number of rotatable bonds is 4. The van der Waals surface area contributed by atoms with Crippen molar-refractivity contribution in [2.75, 3.05) is 42.9 Å². The maximum absolute atomic E-state index is 13.0. The molecule has 28 heavy (non-hydrogen) atoms. The molecule has 1 heterocycles. The molecule has 0 aromatic heterocycles. The van der Waals surface area contributed by atoms with Crippen molar-refractivity contribution in [1.82, 2.24) is 4.90 Å². The Bertz CT molecular complexity index is 869. The summed E-state index contributed by atoms with van der Waals surface area (Å²) in [5, 5.41) is 11.6. The molecule has 3 rings (SSSR count). The number of halogens is 3. The van der Waals surface area contributed by atoms with E-state index in [4.69, 9.17) is 5.26 Å². The first-order valence-electron chi connectivity index (χ1n) is 8.81. The Balaban J connectivity index is 1.56. The van der Waals surface area contributed by atoms with Gasteiger partial charge >= 0.3 is 6.18 Å². The minimum atomic E-state index is -4.62. The summed E-state index contributed by atoms with van der Waals surface area (Å²) in [7, 11) is 0. The molecular weight excluding hydrogens is 369 g/mol. The van der Waals surface area contributed by atoms with Crippen molar-refractivity contribution in [2.24, 2.45) is 0 Å². The number of nitrogens with one attached hydrogen (secondary N) is 1. The lowest BCUT2D eigenvalue weighted by molar-refractivity contribution is -0.137. The lowest BCUT2D eigenvalue weighted by Gasteiger charge is -2.36. The van der Waals surface area contributed by atoms with Gasteiger partial charge in [0.2, 0.25) is 5.91 Å². The van der Waals surface area contributed by atoms with E-state index in [0.717, 1.165) is 17.8 Å². The topological polar surface area (TPSA) is 59.4 Å². The monoisotopic (exact) mass is 388 g/mol. The Labute approximate surface area is 161 Å². The molecule has 5 nitrogen and oxygen atoms in total. The Morgan fingerprint density at radius 2 is 1.75 bits per heavy atom. The minimum absolute atomic E-state index is 0.103. The summed E-state index contributed by atoms with van der Waals surface area (Å²) in [5.74, 6) is -0.175. The predicted octanol–water partition coefficient (Wildman–Crippen LogP) is 3.34. The van der Waals surface area contributed by atoms with Gasteiger partial charge in [0, 0.05) is 37.6 Å². The highest BCUT2D eigenvalue weighted by Gasteiger charge is 2.34. The van der Waals surface area contributed by atoms with E-state index in [0.29, 0.717) is 26.2 Å². The number of hydrogen-bond acceptors (Lipinski definition) is 4. The third-order valence-electron chi connectivity index (χ3n) is 4.64. The molecule has 146 valence electrons. The van der Waals surface area contributed by atoms with Crippen molar-refractivity contribution >= 4 is 17.3 Å². The zero-order valence-corrected chi connectivity index (χ0v) is 15.0. The number of para-hydroxylation sites is 1. The number of benzene rings is 2. The van der Waals surface area contributed by atoms with Crippen molar-refractivity contribution < 1.29 is 18.0 Å². The number of alkyl halides is 3. The molecule has 0 atom stereocenters. The van der Waals surface area contributed by atoms with Crippen LogP contribution in [0.4, 0.5) is 24.5 Å². The molecule has 0 spiro atoms. The standard InChI is InChI=1S/C20H19F3N4O/c21-20(22,23)18-12-16(7-6-15(18)13-24)25-14-19(28)27-10-8-26(9-11-27)17-4-2-1-3-5-17/h1-7,12,25H,8-11,14H2. The van der Waals surface area contributed by atoms with E-state index in [9.17, 15) is 18.0 Å². The van der Waals surface area contributed by atoms with Gasteiger partial charge in [-0.3, -0.25) is 4.79 Å².